The first kappa shape index (κ1) is 25.3. The van der Waals surface area contributed by atoms with Crippen molar-refractivity contribution >= 4 is 5.97 Å². The molecule has 0 rings (SSSR count). The van der Waals surface area contributed by atoms with Crippen LogP contribution < -0.4 is 0 Å². The standard InChI is InChI=1S/C11H7F13O3/c1-4(2)5(25)26-6(13,3-12)10(21,22)27-11(23,24)8(16,17)7(14,15)9(18,19)20/h1,3H2,2H3. The van der Waals surface area contributed by atoms with E-state index in [1.807, 2.05) is 0 Å². The van der Waals surface area contributed by atoms with Gasteiger partial charge in [0.25, 0.3) is 0 Å². The minimum Gasteiger partial charge on any atom is -0.414 e. The first-order chi connectivity index (χ1) is 11.6. The second kappa shape index (κ2) is 7.01. The zero-order chi connectivity index (χ0) is 22.3. The van der Waals surface area contributed by atoms with E-state index in [4.69, 9.17) is 0 Å². The molecule has 3 nitrogen and oxygen atoms in total. The van der Waals surface area contributed by atoms with E-state index in [1.165, 1.54) is 0 Å². The Balaban J connectivity index is 5.99. The van der Waals surface area contributed by atoms with Crippen molar-refractivity contribution in [2.24, 2.45) is 0 Å². The van der Waals surface area contributed by atoms with Crippen molar-refractivity contribution in [1.29, 1.82) is 0 Å². The Morgan fingerprint density at radius 2 is 1.22 bits per heavy atom. The SMILES string of the molecule is C=C(C)C(=O)OC(F)(CF)C(F)(F)OC(F)(F)C(F)(F)C(F)(F)C(F)(F)F. The van der Waals surface area contributed by atoms with Crippen LogP contribution >= 0.6 is 0 Å². The molecule has 0 spiro atoms. The Morgan fingerprint density at radius 3 is 1.52 bits per heavy atom. The molecule has 16 heteroatoms. The number of alkyl halides is 13. The van der Waals surface area contributed by atoms with Gasteiger partial charge in [-0.05, 0) is 6.92 Å². The smallest absolute Gasteiger partial charge is 0.414 e. The van der Waals surface area contributed by atoms with Crippen molar-refractivity contribution < 1.29 is 71.3 Å². The highest BCUT2D eigenvalue weighted by Crippen LogP contribution is 2.55. The van der Waals surface area contributed by atoms with Gasteiger partial charge in [-0.1, -0.05) is 6.58 Å². The van der Waals surface area contributed by atoms with Crippen molar-refractivity contribution in [1.82, 2.24) is 0 Å². The largest absolute Gasteiger partial charge is 0.460 e. The lowest BCUT2D eigenvalue weighted by atomic mass is 10.1. The number of hydrogen-bond donors (Lipinski definition) is 0. The molecule has 0 aliphatic rings. The maximum atomic E-state index is 13.6. The van der Waals surface area contributed by atoms with Crippen LogP contribution in [0.1, 0.15) is 6.92 Å². The summed E-state index contributed by atoms with van der Waals surface area (Å²) in [5.74, 6) is -23.2. The van der Waals surface area contributed by atoms with Gasteiger partial charge in [-0.2, -0.15) is 52.7 Å². The lowest BCUT2D eigenvalue weighted by Crippen LogP contribution is -2.65. The summed E-state index contributed by atoms with van der Waals surface area (Å²) in [6.45, 7) is 0.0789. The van der Waals surface area contributed by atoms with E-state index in [9.17, 15) is 61.9 Å². The first-order valence-electron chi connectivity index (χ1n) is 6.01. The van der Waals surface area contributed by atoms with Gasteiger partial charge in [0.05, 0.1) is 0 Å². The molecule has 0 saturated carbocycles. The molecule has 160 valence electrons. The summed E-state index contributed by atoms with van der Waals surface area (Å²) in [7, 11) is 0. The van der Waals surface area contributed by atoms with E-state index >= 15 is 0 Å². The molecule has 0 amide bonds. The summed E-state index contributed by atoms with van der Waals surface area (Å²) in [5, 5.41) is 0. The van der Waals surface area contributed by atoms with Crippen LogP contribution in [-0.4, -0.2) is 48.7 Å². The fourth-order valence-corrected chi connectivity index (χ4v) is 1.06. The van der Waals surface area contributed by atoms with Gasteiger partial charge >= 0.3 is 42.1 Å². The van der Waals surface area contributed by atoms with Crippen LogP contribution in [-0.2, 0) is 14.3 Å². The number of rotatable bonds is 8. The number of carbonyl (C=O) groups excluding carboxylic acids is 1. The van der Waals surface area contributed by atoms with E-state index in [0.717, 1.165) is 0 Å². The van der Waals surface area contributed by atoms with Gasteiger partial charge < -0.3 is 4.74 Å². The Kier molecular flexibility index (Phi) is 6.56. The second-order valence-corrected chi connectivity index (χ2v) is 4.81. The minimum absolute atomic E-state index is 0.645. The molecule has 0 aromatic carbocycles. The molecule has 1 atom stereocenters. The third kappa shape index (κ3) is 4.40. The highest BCUT2D eigenvalue weighted by atomic mass is 19.4. The Hall–Kier alpha value is -1.74. The molecule has 0 heterocycles. The quantitative estimate of drug-likeness (QED) is 0.314. The minimum atomic E-state index is -7.71. The predicted molar refractivity (Wildman–Crippen MR) is 57.6 cm³/mol. The lowest BCUT2D eigenvalue weighted by Gasteiger charge is -2.37. The van der Waals surface area contributed by atoms with Crippen LogP contribution in [0.25, 0.3) is 0 Å². The maximum absolute atomic E-state index is 13.6. The topological polar surface area (TPSA) is 35.5 Å². The van der Waals surface area contributed by atoms with Gasteiger partial charge in [-0.25, -0.2) is 13.9 Å². The summed E-state index contributed by atoms with van der Waals surface area (Å²) in [6.07, 6.45) is -21.4. The molecule has 0 aliphatic heterocycles. The molecule has 0 saturated heterocycles. The number of esters is 1. The normalized spacial score (nSPS) is 16.7. The van der Waals surface area contributed by atoms with Crippen LogP contribution in [0.2, 0.25) is 0 Å². The van der Waals surface area contributed by atoms with Crippen molar-refractivity contribution in [3.63, 3.8) is 0 Å². The summed E-state index contributed by atoms with van der Waals surface area (Å²) >= 11 is 0. The number of halogens is 13. The highest BCUT2D eigenvalue weighted by molar-refractivity contribution is 5.87. The van der Waals surface area contributed by atoms with Crippen molar-refractivity contribution in [2.45, 2.75) is 43.0 Å². The Morgan fingerprint density at radius 1 is 0.815 bits per heavy atom. The van der Waals surface area contributed by atoms with Gasteiger partial charge in [0, 0.05) is 5.57 Å². The summed E-state index contributed by atoms with van der Waals surface area (Å²) in [5.41, 5.74) is -0.943. The van der Waals surface area contributed by atoms with Crippen LogP contribution in [0.5, 0.6) is 0 Å². The zero-order valence-corrected chi connectivity index (χ0v) is 12.6. The highest BCUT2D eigenvalue weighted by Gasteiger charge is 2.85. The first-order valence-corrected chi connectivity index (χ1v) is 6.01. The number of ether oxygens (including phenoxy) is 2. The molecule has 0 aromatic heterocycles. The molecule has 0 radical (unpaired) electrons. The van der Waals surface area contributed by atoms with Crippen molar-refractivity contribution in [3.8, 4) is 0 Å². The Labute approximate surface area is 140 Å². The molecule has 0 aromatic rings. The Bertz CT molecular complexity index is 583. The van der Waals surface area contributed by atoms with Gasteiger partial charge in [0.1, 0.15) is 0 Å². The fraction of sp³-hybridized carbons (Fsp3) is 0.727. The zero-order valence-electron chi connectivity index (χ0n) is 12.6. The third-order valence-corrected chi connectivity index (χ3v) is 2.58. The van der Waals surface area contributed by atoms with Crippen molar-refractivity contribution in [3.05, 3.63) is 12.2 Å². The van der Waals surface area contributed by atoms with Gasteiger partial charge in [-0.15, -0.1) is 0 Å². The maximum Gasteiger partial charge on any atom is 0.460 e. The summed E-state index contributed by atoms with van der Waals surface area (Å²) in [4.78, 5) is 10.9. The summed E-state index contributed by atoms with van der Waals surface area (Å²) < 4.78 is 170. The van der Waals surface area contributed by atoms with E-state index in [-0.39, 0.29) is 0 Å². The van der Waals surface area contributed by atoms with E-state index in [2.05, 4.69) is 11.3 Å². The van der Waals surface area contributed by atoms with Crippen molar-refractivity contribution in [2.75, 3.05) is 6.67 Å². The van der Waals surface area contributed by atoms with Crippen LogP contribution in [0.15, 0.2) is 12.2 Å². The second-order valence-electron chi connectivity index (χ2n) is 4.81. The van der Waals surface area contributed by atoms with Gasteiger partial charge in [0.15, 0.2) is 6.67 Å². The molecule has 27 heavy (non-hydrogen) atoms. The van der Waals surface area contributed by atoms with Gasteiger partial charge in [0.2, 0.25) is 0 Å². The number of carbonyl (C=O) groups is 1. The lowest BCUT2D eigenvalue weighted by molar-refractivity contribution is -0.507. The average molecular weight is 434 g/mol. The molecule has 1 unspecified atom stereocenters. The van der Waals surface area contributed by atoms with Crippen LogP contribution in [0, 0.1) is 0 Å². The molecular weight excluding hydrogens is 427 g/mol. The molecular formula is C11H7F13O3. The van der Waals surface area contributed by atoms with E-state index in [1.54, 1.807) is 4.74 Å². The fourth-order valence-electron chi connectivity index (χ4n) is 1.06. The molecule has 0 fully saturated rings. The summed E-state index contributed by atoms with van der Waals surface area (Å²) in [6, 6.07) is 0. The van der Waals surface area contributed by atoms with Crippen LogP contribution in [0.3, 0.4) is 0 Å². The third-order valence-electron chi connectivity index (χ3n) is 2.58. The predicted octanol–water partition coefficient (Wildman–Crippen LogP) is 4.78. The van der Waals surface area contributed by atoms with Crippen LogP contribution in [0.4, 0.5) is 57.1 Å². The average Bonchev–Trinajstić information content (AvgIpc) is 2.43. The molecule has 0 aliphatic carbocycles. The van der Waals surface area contributed by atoms with E-state index in [0.29, 0.717) is 6.92 Å². The molecule has 0 N–H and O–H groups in total. The van der Waals surface area contributed by atoms with Gasteiger partial charge in [-0.3, -0.25) is 0 Å². The molecule has 0 bridgehead atoms. The van der Waals surface area contributed by atoms with E-state index < -0.39 is 54.3 Å². The monoisotopic (exact) mass is 434 g/mol. The number of hydrogen-bond acceptors (Lipinski definition) is 3.